The van der Waals surface area contributed by atoms with Crippen molar-refractivity contribution in [2.45, 2.75) is 39.2 Å². The molecule has 5 heteroatoms. The second-order valence-electron chi connectivity index (χ2n) is 4.69. The SMILES string of the molecule is COCCn1nc(C(C)(C)C)nc1CC=O. The van der Waals surface area contributed by atoms with E-state index in [9.17, 15) is 4.79 Å². The van der Waals surface area contributed by atoms with Crippen molar-refractivity contribution in [2.24, 2.45) is 0 Å². The van der Waals surface area contributed by atoms with Crippen molar-refractivity contribution < 1.29 is 9.53 Å². The summed E-state index contributed by atoms with van der Waals surface area (Å²) in [4.78, 5) is 14.9. The summed E-state index contributed by atoms with van der Waals surface area (Å²) in [6.07, 6.45) is 1.15. The monoisotopic (exact) mass is 225 g/mol. The second kappa shape index (κ2) is 5.21. The standard InChI is InChI=1S/C11H19N3O2/c1-11(2,3)10-12-9(5-7-15)14(13-10)6-8-16-4/h7H,5-6,8H2,1-4H3. The smallest absolute Gasteiger partial charge is 0.156 e. The van der Waals surface area contributed by atoms with Gasteiger partial charge in [-0.15, -0.1) is 0 Å². The summed E-state index contributed by atoms with van der Waals surface area (Å²) in [5, 5.41) is 4.40. The van der Waals surface area contributed by atoms with Gasteiger partial charge < -0.3 is 9.53 Å². The van der Waals surface area contributed by atoms with E-state index in [1.54, 1.807) is 11.8 Å². The first kappa shape index (κ1) is 12.8. The summed E-state index contributed by atoms with van der Waals surface area (Å²) in [6.45, 7) is 7.34. The molecule has 0 N–H and O–H groups in total. The summed E-state index contributed by atoms with van der Waals surface area (Å²) in [7, 11) is 1.64. The summed E-state index contributed by atoms with van der Waals surface area (Å²) in [6, 6.07) is 0. The maximum atomic E-state index is 10.5. The minimum Gasteiger partial charge on any atom is -0.383 e. The fraction of sp³-hybridized carbons (Fsp3) is 0.727. The van der Waals surface area contributed by atoms with Gasteiger partial charge in [-0.3, -0.25) is 0 Å². The molecule has 1 rings (SSSR count). The molecule has 1 aromatic rings. The van der Waals surface area contributed by atoms with Crippen molar-refractivity contribution in [3.63, 3.8) is 0 Å². The molecule has 0 saturated carbocycles. The van der Waals surface area contributed by atoms with Crippen LogP contribution in [0.15, 0.2) is 0 Å². The molecule has 5 nitrogen and oxygen atoms in total. The Morgan fingerprint density at radius 1 is 1.44 bits per heavy atom. The molecular formula is C11H19N3O2. The lowest BCUT2D eigenvalue weighted by Crippen LogP contribution is -2.15. The van der Waals surface area contributed by atoms with Crippen molar-refractivity contribution in [3.05, 3.63) is 11.6 Å². The zero-order valence-corrected chi connectivity index (χ0v) is 10.4. The van der Waals surface area contributed by atoms with Crippen LogP contribution in [0.4, 0.5) is 0 Å². The van der Waals surface area contributed by atoms with Crippen LogP contribution >= 0.6 is 0 Å². The van der Waals surface area contributed by atoms with Crippen LogP contribution in [-0.2, 0) is 27.9 Å². The maximum Gasteiger partial charge on any atom is 0.156 e. The predicted octanol–water partition coefficient (Wildman–Crippen LogP) is 0.963. The van der Waals surface area contributed by atoms with Gasteiger partial charge in [-0.05, 0) is 0 Å². The normalized spacial score (nSPS) is 11.8. The van der Waals surface area contributed by atoms with Gasteiger partial charge in [-0.1, -0.05) is 20.8 Å². The first-order valence-electron chi connectivity index (χ1n) is 5.36. The molecule has 0 bridgehead atoms. The summed E-state index contributed by atoms with van der Waals surface area (Å²) >= 11 is 0. The molecule has 0 unspecified atom stereocenters. The molecule has 1 heterocycles. The largest absolute Gasteiger partial charge is 0.383 e. The van der Waals surface area contributed by atoms with Crippen LogP contribution in [0.2, 0.25) is 0 Å². The van der Waals surface area contributed by atoms with Gasteiger partial charge in [0, 0.05) is 12.5 Å². The first-order chi connectivity index (χ1) is 7.49. The number of ether oxygens (including phenoxy) is 1. The zero-order chi connectivity index (χ0) is 12.2. The summed E-state index contributed by atoms with van der Waals surface area (Å²) < 4.78 is 6.75. The number of methoxy groups -OCH3 is 1. The Kier molecular flexibility index (Phi) is 4.18. The molecule has 0 aliphatic heterocycles. The van der Waals surface area contributed by atoms with E-state index in [1.165, 1.54) is 0 Å². The molecule has 0 aliphatic rings. The van der Waals surface area contributed by atoms with Crippen molar-refractivity contribution in [1.82, 2.24) is 14.8 Å². The minimum absolute atomic E-state index is 0.101. The highest BCUT2D eigenvalue weighted by molar-refractivity contribution is 5.52. The van der Waals surface area contributed by atoms with Gasteiger partial charge >= 0.3 is 0 Å². The highest BCUT2D eigenvalue weighted by atomic mass is 16.5. The Balaban J connectivity index is 2.95. The number of carbonyl (C=O) groups is 1. The molecule has 0 saturated heterocycles. The molecule has 0 atom stereocenters. The number of carbonyl (C=O) groups excluding carboxylic acids is 1. The fourth-order valence-corrected chi connectivity index (χ4v) is 1.27. The van der Waals surface area contributed by atoms with Crippen molar-refractivity contribution in [3.8, 4) is 0 Å². The molecule has 0 fully saturated rings. The number of hydrogen-bond acceptors (Lipinski definition) is 4. The van der Waals surface area contributed by atoms with E-state index >= 15 is 0 Å². The molecule has 0 aliphatic carbocycles. The maximum absolute atomic E-state index is 10.5. The van der Waals surface area contributed by atoms with Gasteiger partial charge in [0.2, 0.25) is 0 Å². The van der Waals surface area contributed by atoms with Gasteiger partial charge in [0.25, 0.3) is 0 Å². The number of aromatic nitrogens is 3. The molecule has 0 radical (unpaired) electrons. The summed E-state index contributed by atoms with van der Waals surface area (Å²) in [5.74, 6) is 1.47. The third-order valence-electron chi connectivity index (χ3n) is 2.19. The first-order valence-corrected chi connectivity index (χ1v) is 5.36. The Hall–Kier alpha value is -1.23. The van der Waals surface area contributed by atoms with E-state index < -0.39 is 0 Å². The van der Waals surface area contributed by atoms with Crippen LogP contribution < -0.4 is 0 Å². The second-order valence-corrected chi connectivity index (χ2v) is 4.69. The third-order valence-corrected chi connectivity index (χ3v) is 2.19. The third kappa shape index (κ3) is 3.13. The van der Waals surface area contributed by atoms with E-state index in [-0.39, 0.29) is 5.41 Å². The van der Waals surface area contributed by atoms with Crippen molar-refractivity contribution in [1.29, 1.82) is 0 Å². The topological polar surface area (TPSA) is 57.0 Å². The molecular weight excluding hydrogens is 206 g/mol. The molecule has 0 spiro atoms. The van der Waals surface area contributed by atoms with Crippen LogP contribution in [0.1, 0.15) is 32.4 Å². The highest BCUT2D eigenvalue weighted by Crippen LogP contribution is 2.18. The van der Waals surface area contributed by atoms with Crippen LogP contribution in [0, 0.1) is 0 Å². The number of nitrogens with zero attached hydrogens (tertiary/aromatic N) is 3. The zero-order valence-electron chi connectivity index (χ0n) is 10.4. The molecule has 16 heavy (non-hydrogen) atoms. The lowest BCUT2D eigenvalue weighted by molar-refractivity contribution is -0.107. The number of hydrogen-bond donors (Lipinski definition) is 0. The van der Waals surface area contributed by atoms with Gasteiger partial charge in [0.15, 0.2) is 5.82 Å². The van der Waals surface area contributed by atoms with Gasteiger partial charge in [-0.2, -0.15) is 5.10 Å². The molecule has 0 aromatic carbocycles. The lowest BCUT2D eigenvalue weighted by atomic mass is 9.96. The van der Waals surface area contributed by atoms with Crippen LogP contribution in [0.5, 0.6) is 0 Å². The molecule has 1 aromatic heterocycles. The van der Waals surface area contributed by atoms with Crippen molar-refractivity contribution in [2.75, 3.05) is 13.7 Å². The number of aldehydes is 1. The van der Waals surface area contributed by atoms with Crippen LogP contribution in [-0.4, -0.2) is 34.8 Å². The van der Waals surface area contributed by atoms with Gasteiger partial charge in [-0.25, -0.2) is 9.67 Å². The fourth-order valence-electron chi connectivity index (χ4n) is 1.27. The average Bonchev–Trinajstić information content (AvgIpc) is 2.58. The molecule has 0 amide bonds. The van der Waals surface area contributed by atoms with Crippen LogP contribution in [0.3, 0.4) is 0 Å². The van der Waals surface area contributed by atoms with Gasteiger partial charge in [0.05, 0.1) is 19.6 Å². The summed E-state index contributed by atoms with van der Waals surface area (Å²) in [5.41, 5.74) is -0.101. The van der Waals surface area contributed by atoms with E-state index in [2.05, 4.69) is 10.1 Å². The Bertz CT molecular complexity index is 353. The Morgan fingerprint density at radius 3 is 2.62 bits per heavy atom. The minimum atomic E-state index is -0.101. The number of rotatable bonds is 5. The Labute approximate surface area is 95.8 Å². The Morgan fingerprint density at radius 2 is 2.12 bits per heavy atom. The van der Waals surface area contributed by atoms with E-state index in [0.29, 0.717) is 25.4 Å². The molecule has 90 valence electrons. The van der Waals surface area contributed by atoms with E-state index in [4.69, 9.17) is 4.74 Å². The van der Waals surface area contributed by atoms with E-state index in [0.717, 1.165) is 12.1 Å². The highest BCUT2D eigenvalue weighted by Gasteiger charge is 2.21. The van der Waals surface area contributed by atoms with Gasteiger partial charge in [0.1, 0.15) is 12.1 Å². The quantitative estimate of drug-likeness (QED) is 0.700. The average molecular weight is 225 g/mol. The van der Waals surface area contributed by atoms with Crippen LogP contribution in [0.25, 0.3) is 0 Å². The van der Waals surface area contributed by atoms with E-state index in [1.807, 2.05) is 20.8 Å². The van der Waals surface area contributed by atoms with Crippen molar-refractivity contribution >= 4 is 6.29 Å². The lowest BCUT2D eigenvalue weighted by Gasteiger charge is -2.12. The predicted molar refractivity (Wildman–Crippen MR) is 60.4 cm³/mol.